The van der Waals surface area contributed by atoms with Crippen LogP contribution in [0.25, 0.3) is 0 Å². The van der Waals surface area contributed by atoms with Gasteiger partial charge in [-0.05, 0) is 58.4 Å². The number of anilines is 1. The number of thiophene rings is 1. The standard InChI is InChI=1S/C18H14BrClN2O3S/c1-22(10-13-5-8-16(20)26-13)18(24)11-3-2-4-12(9-11)21-17(23)14-6-7-15(19)25-14/h2-9H,10H2,1H3,(H,21,23). The number of carbonyl (C=O) groups is 2. The summed E-state index contributed by atoms with van der Waals surface area (Å²) in [6.45, 7) is 0.466. The van der Waals surface area contributed by atoms with Crippen molar-refractivity contribution in [3.63, 3.8) is 0 Å². The monoisotopic (exact) mass is 452 g/mol. The van der Waals surface area contributed by atoms with Crippen molar-refractivity contribution in [3.8, 4) is 0 Å². The van der Waals surface area contributed by atoms with Crippen LogP contribution in [0.4, 0.5) is 5.69 Å². The van der Waals surface area contributed by atoms with Crippen LogP contribution in [0, 0.1) is 0 Å². The first-order chi connectivity index (χ1) is 12.4. The van der Waals surface area contributed by atoms with Gasteiger partial charge in [0.15, 0.2) is 10.4 Å². The van der Waals surface area contributed by atoms with Gasteiger partial charge in [-0.25, -0.2) is 0 Å². The van der Waals surface area contributed by atoms with Crippen LogP contribution in [0.15, 0.2) is 57.6 Å². The maximum Gasteiger partial charge on any atom is 0.291 e. The van der Waals surface area contributed by atoms with E-state index in [1.54, 1.807) is 48.3 Å². The van der Waals surface area contributed by atoms with Crippen LogP contribution in [-0.4, -0.2) is 23.8 Å². The summed E-state index contributed by atoms with van der Waals surface area (Å²) in [6.07, 6.45) is 0. The Morgan fingerprint density at radius 2 is 2.04 bits per heavy atom. The van der Waals surface area contributed by atoms with Crippen molar-refractivity contribution in [2.24, 2.45) is 0 Å². The Morgan fingerprint density at radius 3 is 2.69 bits per heavy atom. The van der Waals surface area contributed by atoms with Crippen LogP contribution < -0.4 is 5.32 Å². The van der Waals surface area contributed by atoms with Gasteiger partial charge in [-0.1, -0.05) is 17.7 Å². The molecule has 1 aromatic carbocycles. The summed E-state index contributed by atoms with van der Waals surface area (Å²) in [5, 5.41) is 2.72. The zero-order valence-electron chi connectivity index (χ0n) is 13.7. The predicted molar refractivity (Wildman–Crippen MR) is 106 cm³/mol. The molecule has 0 atom stereocenters. The summed E-state index contributed by atoms with van der Waals surface area (Å²) in [7, 11) is 1.72. The molecule has 0 unspecified atom stereocenters. The molecule has 0 bridgehead atoms. The molecule has 0 saturated heterocycles. The van der Waals surface area contributed by atoms with Crippen LogP contribution in [0.2, 0.25) is 4.34 Å². The second-order valence-corrected chi connectivity index (χ2v) is 8.09. The Morgan fingerprint density at radius 1 is 1.23 bits per heavy atom. The zero-order valence-corrected chi connectivity index (χ0v) is 16.8. The van der Waals surface area contributed by atoms with Gasteiger partial charge in [-0.3, -0.25) is 9.59 Å². The highest BCUT2D eigenvalue weighted by Crippen LogP contribution is 2.23. The first-order valence-corrected chi connectivity index (χ1v) is 9.57. The van der Waals surface area contributed by atoms with Gasteiger partial charge in [0, 0.05) is 23.2 Å². The second-order valence-electron chi connectivity index (χ2n) is 5.51. The van der Waals surface area contributed by atoms with Gasteiger partial charge in [0.1, 0.15) is 0 Å². The van der Waals surface area contributed by atoms with Crippen molar-refractivity contribution in [2.75, 3.05) is 12.4 Å². The van der Waals surface area contributed by atoms with Crippen LogP contribution in [-0.2, 0) is 6.54 Å². The molecule has 26 heavy (non-hydrogen) atoms. The van der Waals surface area contributed by atoms with E-state index in [9.17, 15) is 9.59 Å². The molecule has 0 fully saturated rings. The molecular formula is C18H14BrClN2O3S. The van der Waals surface area contributed by atoms with Crippen LogP contribution in [0.3, 0.4) is 0 Å². The minimum Gasteiger partial charge on any atom is -0.444 e. The molecule has 2 heterocycles. The lowest BCUT2D eigenvalue weighted by atomic mass is 10.1. The minimum atomic E-state index is -0.387. The molecule has 5 nitrogen and oxygen atoms in total. The Kier molecular flexibility index (Phi) is 5.80. The molecule has 0 spiro atoms. The van der Waals surface area contributed by atoms with Crippen molar-refractivity contribution < 1.29 is 14.0 Å². The number of nitrogens with one attached hydrogen (secondary N) is 1. The molecular weight excluding hydrogens is 440 g/mol. The highest BCUT2D eigenvalue weighted by atomic mass is 79.9. The number of furan rings is 1. The summed E-state index contributed by atoms with van der Waals surface area (Å²) in [5.74, 6) is -0.353. The molecule has 2 aromatic heterocycles. The number of benzene rings is 1. The number of hydrogen-bond acceptors (Lipinski definition) is 4. The number of amides is 2. The van der Waals surface area contributed by atoms with Crippen LogP contribution >= 0.6 is 38.9 Å². The number of nitrogens with zero attached hydrogens (tertiary/aromatic N) is 1. The van der Waals surface area contributed by atoms with E-state index in [-0.39, 0.29) is 17.6 Å². The minimum absolute atomic E-state index is 0.147. The SMILES string of the molecule is CN(Cc1ccc(Cl)s1)C(=O)c1cccc(NC(=O)c2ccc(Br)o2)c1. The van der Waals surface area contributed by atoms with E-state index >= 15 is 0 Å². The molecule has 8 heteroatoms. The lowest BCUT2D eigenvalue weighted by Gasteiger charge is -2.16. The fraction of sp³-hybridized carbons (Fsp3) is 0.111. The summed E-state index contributed by atoms with van der Waals surface area (Å²) in [6, 6.07) is 13.7. The topological polar surface area (TPSA) is 62.6 Å². The van der Waals surface area contributed by atoms with Crippen molar-refractivity contribution >= 4 is 56.4 Å². The maximum atomic E-state index is 12.6. The molecule has 0 aliphatic carbocycles. The van der Waals surface area contributed by atoms with E-state index in [1.165, 1.54) is 11.3 Å². The molecule has 3 rings (SSSR count). The molecule has 0 aliphatic rings. The Balaban J connectivity index is 1.69. The van der Waals surface area contributed by atoms with E-state index in [0.717, 1.165) is 4.88 Å². The Hall–Kier alpha value is -2.09. The third-order valence-electron chi connectivity index (χ3n) is 3.53. The quantitative estimate of drug-likeness (QED) is 0.571. The second kappa shape index (κ2) is 8.07. The third kappa shape index (κ3) is 4.55. The van der Waals surface area contributed by atoms with Gasteiger partial charge in [0.2, 0.25) is 0 Å². The average Bonchev–Trinajstić information content (AvgIpc) is 3.22. The van der Waals surface area contributed by atoms with Crippen molar-refractivity contribution in [3.05, 3.63) is 73.7 Å². The normalized spacial score (nSPS) is 10.6. The highest BCUT2D eigenvalue weighted by Gasteiger charge is 2.15. The number of carbonyl (C=O) groups excluding carboxylic acids is 2. The smallest absolute Gasteiger partial charge is 0.291 e. The predicted octanol–water partition coefficient (Wildman–Crippen LogP) is 5.28. The van der Waals surface area contributed by atoms with Gasteiger partial charge in [0.05, 0.1) is 10.9 Å². The molecule has 0 saturated carbocycles. The fourth-order valence-corrected chi connectivity index (χ4v) is 3.77. The van der Waals surface area contributed by atoms with Gasteiger partial charge < -0.3 is 14.6 Å². The van der Waals surface area contributed by atoms with Crippen molar-refractivity contribution in [1.82, 2.24) is 4.90 Å². The van der Waals surface area contributed by atoms with Gasteiger partial charge in [-0.2, -0.15) is 0 Å². The average molecular weight is 454 g/mol. The fourth-order valence-electron chi connectivity index (χ4n) is 2.32. The number of hydrogen-bond donors (Lipinski definition) is 1. The first-order valence-electron chi connectivity index (χ1n) is 7.59. The Labute approximate surface area is 167 Å². The summed E-state index contributed by atoms with van der Waals surface area (Å²) in [4.78, 5) is 27.4. The van der Waals surface area contributed by atoms with E-state index in [1.807, 2.05) is 12.1 Å². The van der Waals surface area contributed by atoms with E-state index in [4.69, 9.17) is 16.0 Å². The molecule has 134 valence electrons. The van der Waals surface area contributed by atoms with E-state index in [0.29, 0.717) is 26.8 Å². The van der Waals surface area contributed by atoms with Crippen molar-refractivity contribution in [1.29, 1.82) is 0 Å². The Bertz CT molecular complexity index is 953. The van der Waals surface area contributed by atoms with Crippen LogP contribution in [0.1, 0.15) is 25.8 Å². The van der Waals surface area contributed by atoms with Crippen molar-refractivity contribution in [2.45, 2.75) is 6.54 Å². The molecule has 2 amide bonds. The first kappa shape index (κ1) is 18.7. The van der Waals surface area contributed by atoms with Gasteiger partial charge in [-0.15, -0.1) is 11.3 Å². The summed E-state index contributed by atoms with van der Waals surface area (Å²) in [5.41, 5.74) is 0.995. The van der Waals surface area contributed by atoms with E-state index < -0.39 is 0 Å². The molecule has 3 aromatic rings. The molecule has 0 aliphatic heterocycles. The van der Waals surface area contributed by atoms with Crippen LogP contribution in [0.5, 0.6) is 0 Å². The molecule has 1 N–H and O–H groups in total. The highest BCUT2D eigenvalue weighted by molar-refractivity contribution is 9.10. The lowest BCUT2D eigenvalue weighted by Crippen LogP contribution is -2.25. The number of rotatable bonds is 5. The largest absolute Gasteiger partial charge is 0.444 e. The maximum absolute atomic E-state index is 12.6. The van der Waals surface area contributed by atoms with Gasteiger partial charge >= 0.3 is 0 Å². The zero-order chi connectivity index (χ0) is 18.7. The summed E-state index contributed by atoms with van der Waals surface area (Å²) >= 11 is 10.5. The summed E-state index contributed by atoms with van der Waals surface area (Å²) < 4.78 is 6.39. The van der Waals surface area contributed by atoms with E-state index in [2.05, 4.69) is 21.2 Å². The third-order valence-corrected chi connectivity index (χ3v) is 5.18. The van der Waals surface area contributed by atoms with Gasteiger partial charge in [0.25, 0.3) is 11.8 Å². The molecule has 0 radical (unpaired) electrons. The number of halogens is 2. The lowest BCUT2D eigenvalue weighted by molar-refractivity contribution is 0.0786.